The molecule has 0 aliphatic heterocycles. The summed E-state index contributed by atoms with van der Waals surface area (Å²) in [6, 6.07) is 7.96. The summed E-state index contributed by atoms with van der Waals surface area (Å²) in [5.74, 6) is 0. The summed E-state index contributed by atoms with van der Waals surface area (Å²) in [6.07, 6.45) is 0. The summed E-state index contributed by atoms with van der Waals surface area (Å²) in [7, 11) is 1.98. The summed E-state index contributed by atoms with van der Waals surface area (Å²) in [6.45, 7) is 2.76. The Hall–Kier alpha value is -1.06. The number of hydrogen-bond donors (Lipinski definition) is 2. The Kier molecular flexibility index (Phi) is 3.92. The number of aliphatic hydroxyl groups excluding tert-OH is 1. The Balaban J connectivity index is 2.69. The zero-order chi connectivity index (χ0) is 10.6. The molecule has 0 aliphatic rings. The van der Waals surface area contributed by atoms with E-state index < -0.39 is 0 Å². The maximum absolute atomic E-state index is 8.85. The Morgan fingerprint density at radius 2 is 2.07 bits per heavy atom. The molecule has 3 nitrogen and oxygen atoms in total. The van der Waals surface area contributed by atoms with Gasteiger partial charge >= 0.3 is 0 Å². The predicted molar refractivity (Wildman–Crippen MR) is 59.5 cm³/mol. The van der Waals surface area contributed by atoms with Crippen molar-refractivity contribution in [3.8, 4) is 0 Å². The van der Waals surface area contributed by atoms with E-state index in [1.165, 1.54) is 5.56 Å². The van der Waals surface area contributed by atoms with Gasteiger partial charge in [-0.25, -0.2) is 0 Å². The highest BCUT2D eigenvalue weighted by atomic mass is 16.3. The van der Waals surface area contributed by atoms with E-state index in [0.717, 1.165) is 5.69 Å². The second kappa shape index (κ2) is 4.98. The number of aryl methyl sites for hydroxylation is 1. The minimum Gasteiger partial charge on any atom is -0.395 e. The standard InChI is InChI=1S/C11H18N2O/c1-9-5-3-4-6-11(9)13(2)7-10(12)8-14/h3-6,10,14H,7-8,12H2,1-2H3. The molecule has 0 amide bonds. The van der Waals surface area contributed by atoms with E-state index in [0.29, 0.717) is 6.54 Å². The van der Waals surface area contributed by atoms with Gasteiger partial charge in [0.2, 0.25) is 0 Å². The first-order valence-corrected chi connectivity index (χ1v) is 4.78. The first kappa shape index (κ1) is 11.0. The molecule has 3 heteroatoms. The van der Waals surface area contributed by atoms with Crippen LogP contribution in [-0.4, -0.2) is 31.3 Å². The van der Waals surface area contributed by atoms with Crippen molar-refractivity contribution in [2.24, 2.45) is 5.73 Å². The molecule has 0 spiro atoms. The molecular weight excluding hydrogens is 176 g/mol. The summed E-state index contributed by atoms with van der Waals surface area (Å²) in [5.41, 5.74) is 8.06. The van der Waals surface area contributed by atoms with Crippen molar-refractivity contribution in [1.29, 1.82) is 0 Å². The van der Waals surface area contributed by atoms with Gasteiger partial charge in [0.1, 0.15) is 0 Å². The van der Waals surface area contributed by atoms with E-state index in [-0.39, 0.29) is 12.6 Å². The fourth-order valence-electron chi connectivity index (χ4n) is 1.50. The molecule has 0 radical (unpaired) electrons. The molecule has 0 aliphatic carbocycles. The number of aliphatic hydroxyl groups is 1. The van der Waals surface area contributed by atoms with Crippen molar-refractivity contribution in [3.63, 3.8) is 0 Å². The predicted octanol–water partition coefficient (Wildman–Crippen LogP) is 0.751. The highest BCUT2D eigenvalue weighted by Gasteiger charge is 2.07. The van der Waals surface area contributed by atoms with E-state index in [4.69, 9.17) is 10.8 Å². The number of likely N-dealkylation sites (N-methyl/N-ethyl adjacent to an activating group) is 1. The first-order chi connectivity index (χ1) is 6.65. The number of nitrogens with two attached hydrogens (primary N) is 1. The van der Waals surface area contributed by atoms with Crippen molar-refractivity contribution < 1.29 is 5.11 Å². The number of nitrogens with zero attached hydrogens (tertiary/aromatic N) is 1. The van der Waals surface area contributed by atoms with Crippen LogP contribution in [0, 0.1) is 6.92 Å². The van der Waals surface area contributed by atoms with Gasteiger partial charge in [0, 0.05) is 25.3 Å². The van der Waals surface area contributed by atoms with Crippen molar-refractivity contribution in [3.05, 3.63) is 29.8 Å². The van der Waals surface area contributed by atoms with E-state index in [1.54, 1.807) is 0 Å². The SMILES string of the molecule is Cc1ccccc1N(C)CC(N)CO. The average molecular weight is 194 g/mol. The molecule has 78 valence electrons. The Bertz CT molecular complexity index is 288. The summed E-state index contributed by atoms with van der Waals surface area (Å²) in [5, 5.41) is 8.85. The lowest BCUT2D eigenvalue weighted by Crippen LogP contribution is -2.38. The fourth-order valence-corrected chi connectivity index (χ4v) is 1.50. The highest BCUT2D eigenvalue weighted by molar-refractivity contribution is 5.52. The van der Waals surface area contributed by atoms with Crippen LogP contribution in [0.5, 0.6) is 0 Å². The molecule has 1 aromatic rings. The molecule has 0 saturated carbocycles. The molecule has 1 rings (SSSR count). The zero-order valence-corrected chi connectivity index (χ0v) is 8.77. The first-order valence-electron chi connectivity index (χ1n) is 4.78. The average Bonchev–Trinajstić information content (AvgIpc) is 2.18. The van der Waals surface area contributed by atoms with Gasteiger partial charge in [-0.15, -0.1) is 0 Å². The largest absolute Gasteiger partial charge is 0.395 e. The van der Waals surface area contributed by atoms with Gasteiger partial charge in [-0.1, -0.05) is 18.2 Å². The maximum Gasteiger partial charge on any atom is 0.0599 e. The van der Waals surface area contributed by atoms with Crippen LogP contribution in [0.1, 0.15) is 5.56 Å². The number of hydrogen-bond acceptors (Lipinski definition) is 3. The molecule has 1 unspecified atom stereocenters. The van der Waals surface area contributed by atoms with Gasteiger partial charge in [-0.3, -0.25) is 0 Å². The van der Waals surface area contributed by atoms with Gasteiger partial charge in [-0.2, -0.15) is 0 Å². The molecule has 1 aromatic carbocycles. The van der Waals surface area contributed by atoms with Crippen LogP contribution in [0.25, 0.3) is 0 Å². The minimum absolute atomic E-state index is 0.0240. The number of para-hydroxylation sites is 1. The van der Waals surface area contributed by atoms with Crippen molar-refractivity contribution in [2.45, 2.75) is 13.0 Å². The van der Waals surface area contributed by atoms with Gasteiger partial charge in [0.15, 0.2) is 0 Å². The Morgan fingerprint density at radius 3 is 2.64 bits per heavy atom. The van der Waals surface area contributed by atoms with Crippen LogP contribution in [0.15, 0.2) is 24.3 Å². The van der Waals surface area contributed by atoms with Gasteiger partial charge in [0.25, 0.3) is 0 Å². The monoisotopic (exact) mass is 194 g/mol. The summed E-state index contributed by atoms with van der Waals surface area (Å²) >= 11 is 0. The number of anilines is 1. The third kappa shape index (κ3) is 2.72. The van der Waals surface area contributed by atoms with Crippen molar-refractivity contribution >= 4 is 5.69 Å². The molecule has 3 N–H and O–H groups in total. The molecule has 14 heavy (non-hydrogen) atoms. The van der Waals surface area contributed by atoms with Gasteiger partial charge in [0.05, 0.1) is 6.61 Å². The Morgan fingerprint density at radius 1 is 1.43 bits per heavy atom. The van der Waals surface area contributed by atoms with Crippen LogP contribution >= 0.6 is 0 Å². The molecule has 0 saturated heterocycles. The summed E-state index contributed by atoms with van der Waals surface area (Å²) in [4.78, 5) is 2.07. The maximum atomic E-state index is 8.85. The van der Waals surface area contributed by atoms with Crippen molar-refractivity contribution in [1.82, 2.24) is 0 Å². The molecule has 0 bridgehead atoms. The molecule has 0 aromatic heterocycles. The number of benzene rings is 1. The van der Waals surface area contributed by atoms with E-state index in [2.05, 4.69) is 24.0 Å². The highest BCUT2D eigenvalue weighted by Crippen LogP contribution is 2.17. The van der Waals surface area contributed by atoms with Crippen molar-refractivity contribution in [2.75, 3.05) is 25.1 Å². The fraction of sp³-hybridized carbons (Fsp3) is 0.455. The zero-order valence-electron chi connectivity index (χ0n) is 8.77. The normalized spacial score (nSPS) is 12.6. The topological polar surface area (TPSA) is 49.5 Å². The van der Waals surface area contributed by atoms with E-state index >= 15 is 0 Å². The lowest BCUT2D eigenvalue weighted by Gasteiger charge is -2.23. The molecular formula is C11H18N2O. The van der Waals surface area contributed by atoms with Gasteiger partial charge in [-0.05, 0) is 18.6 Å². The Labute approximate surface area is 85.2 Å². The number of rotatable bonds is 4. The van der Waals surface area contributed by atoms with Crippen LogP contribution in [0.3, 0.4) is 0 Å². The lowest BCUT2D eigenvalue weighted by molar-refractivity contribution is 0.267. The summed E-state index contributed by atoms with van der Waals surface area (Å²) < 4.78 is 0. The quantitative estimate of drug-likeness (QED) is 0.743. The minimum atomic E-state index is -0.181. The molecule has 0 fully saturated rings. The van der Waals surface area contributed by atoms with Gasteiger partial charge < -0.3 is 15.7 Å². The van der Waals surface area contributed by atoms with Crippen LogP contribution < -0.4 is 10.6 Å². The second-order valence-corrected chi connectivity index (χ2v) is 3.61. The lowest BCUT2D eigenvalue weighted by atomic mass is 10.2. The van der Waals surface area contributed by atoms with E-state index in [1.807, 2.05) is 19.2 Å². The smallest absolute Gasteiger partial charge is 0.0599 e. The van der Waals surface area contributed by atoms with Crippen LogP contribution in [0.4, 0.5) is 5.69 Å². The van der Waals surface area contributed by atoms with Crippen LogP contribution in [0.2, 0.25) is 0 Å². The molecule has 1 atom stereocenters. The molecule has 0 heterocycles. The second-order valence-electron chi connectivity index (χ2n) is 3.61. The third-order valence-corrected chi connectivity index (χ3v) is 2.27. The third-order valence-electron chi connectivity index (χ3n) is 2.27. The van der Waals surface area contributed by atoms with E-state index in [9.17, 15) is 0 Å². The van der Waals surface area contributed by atoms with Crippen LogP contribution in [-0.2, 0) is 0 Å².